The predicted molar refractivity (Wildman–Crippen MR) is 106 cm³/mol. The molecule has 0 spiro atoms. The van der Waals surface area contributed by atoms with E-state index in [1.54, 1.807) is 0 Å². The number of phosphoric acid groups is 1. The first kappa shape index (κ1) is 24.2. The highest BCUT2D eigenvalue weighted by atomic mass is 31.2. The van der Waals surface area contributed by atoms with Gasteiger partial charge in [0, 0.05) is 18.4 Å². The van der Waals surface area contributed by atoms with E-state index in [0.717, 1.165) is 6.42 Å². The Morgan fingerprint density at radius 2 is 1.79 bits per heavy atom. The Morgan fingerprint density at radius 1 is 1.11 bits per heavy atom. The summed E-state index contributed by atoms with van der Waals surface area (Å²) in [6.45, 7) is 12.1. The first-order valence-corrected chi connectivity index (χ1v) is 11.8. The van der Waals surface area contributed by atoms with Crippen LogP contribution < -0.4 is 5.73 Å². The maximum absolute atomic E-state index is 12.6. The predicted octanol–water partition coefficient (Wildman–Crippen LogP) is 2.87. The molecule has 1 heterocycles. The topological polar surface area (TPSA) is 109 Å². The Kier molecular flexibility index (Phi) is 8.92. The van der Waals surface area contributed by atoms with E-state index >= 15 is 0 Å². The molecule has 0 bridgehead atoms. The molecule has 9 heteroatoms. The summed E-state index contributed by atoms with van der Waals surface area (Å²) in [6.07, 6.45) is 0.396. The maximum Gasteiger partial charge on any atom is 0.472 e. The van der Waals surface area contributed by atoms with E-state index in [9.17, 15) is 9.46 Å². The van der Waals surface area contributed by atoms with Gasteiger partial charge < -0.3 is 24.8 Å². The van der Waals surface area contributed by atoms with Gasteiger partial charge in [-0.2, -0.15) is 0 Å². The highest BCUT2D eigenvalue weighted by molar-refractivity contribution is 7.47. The second-order valence-corrected chi connectivity index (χ2v) is 10.1. The average Bonchev–Trinajstić information content (AvgIpc) is 3.02. The molecule has 28 heavy (non-hydrogen) atoms. The summed E-state index contributed by atoms with van der Waals surface area (Å²) in [4.78, 5) is 10.3. The van der Waals surface area contributed by atoms with Crippen LogP contribution in [0, 0.1) is 11.8 Å². The first-order valence-electron chi connectivity index (χ1n) is 10.3. The zero-order valence-corrected chi connectivity index (χ0v) is 18.8. The molecule has 0 aromatic carbocycles. The normalized spacial score (nSPS) is 38.4. The van der Waals surface area contributed by atoms with Crippen LogP contribution in [0.4, 0.5) is 0 Å². The molecule has 2 aliphatic rings. The fraction of sp³-hybridized carbons (Fsp3) is 1.00. The van der Waals surface area contributed by atoms with Gasteiger partial charge in [0.15, 0.2) is 0 Å². The molecule has 0 aromatic heterocycles. The molecule has 8 nitrogen and oxygen atoms in total. The van der Waals surface area contributed by atoms with Gasteiger partial charge in [-0.25, -0.2) is 4.57 Å². The zero-order chi connectivity index (χ0) is 21.1. The smallest absolute Gasteiger partial charge is 0.378 e. The third-order valence-corrected chi connectivity index (χ3v) is 6.37. The average molecular weight is 423 g/mol. The maximum atomic E-state index is 12.6. The molecule has 1 saturated carbocycles. The van der Waals surface area contributed by atoms with Crippen molar-refractivity contribution in [3.63, 3.8) is 0 Å². The fourth-order valence-corrected chi connectivity index (χ4v) is 4.92. The molecular formula is C19H38NO7P. The lowest BCUT2D eigenvalue weighted by molar-refractivity contribution is -0.0649. The summed E-state index contributed by atoms with van der Waals surface area (Å²) in [5, 5.41) is 0. The lowest BCUT2D eigenvalue weighted by Crippen LogP contribution is -2.37. The van der Waals surface area contributed by atoms with E-state index in [-0.39, 0.29) is 48.9 Å². The van der Waals surface area contributed by atoms with Crippen LogP contribution in [-0.2, 0) is 27.8 Å². The SMILES string of the molecule is CC(C)OC[C@@H]1C(OP(=O)(O)OCC2O[C@@H](C)CC2OC(C)C)C[C@H](C)C1N. The lowest BCUT2D eigenvalue weighted by atomic mass is 10.0. The van der Waals surface area contributed by atoms with Gasteiger partial charge in [-0.3, -0.25) is 9.05 Å². The van der Waals surface area contributed by atoms with E-state index in [0.29, 0.717) is 13.0 Å². The minimum absolute atomic E-state index is 0.0163. The summed E-state index contributed by atoms with van der Waals surface area (Å²) in [7, 11) is -4.26. The number of rotatable bonds is 10. The van der Waals surface area contributed by atoms with Gasteiger partial charge in [-0.15, -0.1) is 0 Å². The standard InChI is InChI=1S/C19H38NO7P/c1-11(2)23-9-15-16(7-13(5)19(15)20)27-28(21,22)24-10-18-17(25-12(3)4)8-14(6)26-18/h11-19H,7-10,20H2,1-6H3,(H,21,22)/t13-,14-,15+,16?,17?,18?,19?/m0/s1. The summed E-state index contributed by atoms with van der Waals surface area (Å²) in [5.41, 5.74) is 6.26. The van der Waals surface area contributed by atoms with Crippen molar-refractivity contribution in [2.24, 2.45) is 17.6 Å². The van der Waals surface area contributed by atoms with Crippen LogP contribution >= 0.6 is 7.82 Å². The molecular weight excluding hydrogens is 385 g/mol. The van der Waals surface area contributed by atoms with Crippen LogP contribution in [-0.4, -0.2) is 60.8 Å². The molecule has 2 rings (SSSR count). The number of hydrogen-bond donors (Lipinski definition) is 2. The highest BCUT2D eigenvalue weighted by Crippen LogP contribution is 2.49. The Labute approximate surface area is 169 Å². The monoisotopic (exact) mass is 423 g/mol. The van der Waals surface area contributed by atoms with E-state index in [1.807, 2.05) is 41.5 Å². The molecule has 0 aromatic rings. The van der Waals surface area contributed by atoms with Crippen molar-refractivity contribution in [2.45, 2.75) is 97.0 Å². The summed E-state index contributed by atoms with van der Waals surface area (Å²) in [6, 6.07) is -0.147. The second kappa shape index (κ2) is 10.3. The zero-order valence-electron chi connectivity index (χ0n) is 17.9. The van der Waals surface area contributed by atoms with E-state index < -0.39 is 20.0 Å². The Hall–Kier alpha value is -0.0500. The van der Waals surface area contributed by atoms with Crippen LogP contribution in [0.2, 0.25) is 0 Å². The third-order valence-electron chi connectivity index (χ3n) is 5.36. The Bertz CT molecular complexity index is 532. The van der Waals surface area contributed by atoms with Gasteiger partial charge in [0.2, 0.25) is 0 Å². The highest BCUT2D eigenvalue weighted by Gasteiger charge is 2.44. The first-order chi connectivity index (χ1) is 13.0. The molecule has 3 N–H and O–H groups in total. The number of phosphoric ester groups is 1. The van der Waals surface area contributed by atoms with Gasteiger partial charge in [-0.1, -0.05) is 6.92 Å². The van der Waals surface area contributed by atoms with Crippen molar-refractivity contribution in [1.29, 1.82) is 0 Å². The van der Waals surface area contributed by atoms with Crippen LogP contribution in [0.3, 0.4) is 0 Å². The summed E-state index contributed by atoms with van der Waals surface area (Å²) in [5.74, 6) is 0.0230. The third kappa shape index (κ3) is 7.03. The van der Waals surface area contributed by atoms with Gasteiger partial charge in [0.1, 0.15) is 6.10 Å². The largest absolute Gasteiger partial charge is 0.472 e. The summed E-state index contributed by atoms with van der Waals surface area (Å²) < 4.78 is 40.7. The van der Waals surface area contributed by atoms with Gasteiger partial charge in [0.25, 0.3) is 0 Å². The van der Waals surface area contributed by atoms with Gasteiger partial charge in [-0.05, 0) is 47.0 Å². The minimum Gasteiger partial charge on any atom is -0.378 e. The second-order valence-electron chi connectivity index (χ2n) is 8.69. The Balaban J connectivity index is 1.91. The van der Waals surface area contributed by atoms with E-state index in [2.05, 4.69) is 0 Å². The molecule has 2 fully saturated rings. The van der Waals surface area contributed by atoms with Crippen LogP contribution in [0.25, 0.3) is 0 Å². The van der Waals surface area contributed by atoms with Crippen LogP contribution in [0.5, 0.6) is 0 Å². The van der Waals surface area contributed by atoms with Crippen LogP contribution in [0.1, 0.15) is 54.4 Å². The molecule has 1 aliphatic carbocycles. The molecule has 166 valence electrons. The molecule has 0 amide bonds. The molecule has 1 aliphatic heterocycles. The lowest BCUT2D eigenvalue weighted by Gasteiger charge is -2.26. The molecule has 1 saturated heterocycles. The number of ether oxygens (including phenoxy) is 3. The number of hydrogen-bond acceptors (Lipinski definition) is 7. The van der Waals surface area contributed by atoms with Crippen molar-refractivity contribution in [1.82, 2.24) is 0 Å². The molecule has 0 radical (unpaired) electrons. The Morgan fingerprint density at radius 3 is 2.39 bits per heavy atom. The van der Waals surface area contributed by atoms with E-state index in [4.69, 9.17) is 29.0 Å². The van der Waals surface area contributed by atoms with Gasteiger partial charge in [0.05, 0.1) is 43.7 Å². The van der Waals surface area contributed by atoms with Crippen LogP contribution in [0.15, 0.2) is 0 Å². The number of nitrogens with two attached hydrogens (primary N) is 1. The molecule has 8 atom stereocenters. The minimum atomic E-state index is -4.26. The van der Waals surface area contributed by atoms with Crippen molar-refractivity contribution < 1.29 is 32.7 Å². The fourth-order valence-electron chi connectivity index (χ4n) is 3.94. The molecule has 5 unspecified atom stereocenters. The van der Waals surface area contributed by atoms with E-state index in [1.165, 1.54) is 0 Å². The van der Waals surface area contributed by atoms with Crippen molar-refractivity contribution in [3.8, 4) is 0 Å². The van der Waals surface area contributed by atoms with Crippen molar-refractivity contribution in [2.75, 3.05) is 13.2 Å². The van der Waals surface area contributed by atoms with Crippen molar-refractivity contribution in [3.05, 3.63) is 0 Å². The van der Waals surface area contributed by atoms with Gasteiger partial charge >= 0.3 is 7.82 Å². The quantitative estimate of drug-likeness (QED) is 0.516. The van der Waals surface area contributed by atoms with Crippen molar-refractivity contribution >= 4 is 7.82 Å². The summed E-state index contributed by atoms with van der Waals surface area (Å²) >= 11 is 0.